The highest BCUT2D eigenvalue weighted by molar-refractivity contribution is 5.27. The predicted octanol–water partition coefficient (Wildman–Crippen LogP) is 2.90. The van der Waals surface area contributed by atoms with Crippen LogP contribution in [-0.4, -0.2) is 33.8 Å². The number of nitrogens with zero attached hydrogens (tertiary/aromatic N) is 3. The van der Waals surface area contributed by atoms with Crippen LogP contribution in [-0.2, 0) is 19.6 Å². The van der Waals surface area contributed by atoms with Crippen molar-refractivity contribution in [1.29, 1.82) is 0 Å². The van der Waals surface area contributed by atoms with Gasteiger partial charge >= 0.3 is 0 Å². The molecule has 2 rings (SSSR count). The Bertz CT molecular complexity index is 548. The summed E-state index contributed by atoms with van der Waals surface area (Å²) in [5.74, 6) is 0. The second kappa shape index (κ2) is 8.11. The molecule has 0 aliphatic heterocycles. The maximum atomic E-state index is 4.26. The van der Waals surface area contributed by atoms with E-state index in [2.05, 4.69) is 67.4 Å². The summed E-state index contributed by atoms with van der Waals surface area (Å²) < 4.78 is 1.97. The first-order valence-electron chi connectivity index (χ1n) is 8.04. The van der Waals surface area contributed by atoms with Gasteiger partial charge < -0.3 is 5.32 Å². The fourth-order valence-electron chi connectivity index (χ4n) is 2.37. The van der Waals surface area contributed by atoms with Gasteiger partial charge in [-0.2, -0.15) is 5.10 Å². The molecule has 2 aromatic rings. The quantitative estimate of drug-likeness (QED) is 0.814. The van der Waals surface area contributed by atoms with E-state index >= 15 is 0 Å². The van der Waals surface area contributed by atoms with Gasteiger partial charge in [-0.05, 0) is 45.0 Å². The summed E-state index contributed by atoms with van der Waals surface area (Å²) in [5, 5.41) is 7.86. The molecule has 1 aromatic carbocycles. The summed E-state index contributed by atoms with van der Waals surface area (Å²) >= 11 is 0. The van der Waals surface area contributed by atoms with E-state index in [0.717, 1.165) is 19.6 Å². The number of nitrogens with one attached hydrogen (secondary N) is 1. The average Bonchev–Trinajstić information content (AvgIpc) is 2.99. The molecule has 1 N–H and O–H groups in total. The van der Waals surface area contributed by atoms with Gasteiger partial charge in [-0.15, -0.1) is 0 Å². The third kappa shape index (κ3) is 4.97. The van der Waals surface area contributed by atoms with Gasteiger partial charge in [0.05, 0.1) is 6.54 Å². The minimum atomic E-state index is 0.385. The first-order valence-corrected chi connectivity index (χ1v) is 8.04. The minimum absolute atomic E-state index is 0.385. The van der Waals surface area contributed by atoms with Gasteiger partial charge in [0, 0.05) is 37.6 Å². The van der Waals surface area contributed by atoms with E-state index in [0.29, 0.717) is 12.1 Å². The summed E-state index contributed by atoms with van der Waals surface area (Å²) in [6.45, 7) is 9.43. The molecule has 0 unspecified atom stereocenters. The molecule has 120 valence electrons. The average molecular weight is 300 g/mol. The van der Waals surface area contributed by atoms with Crippen molar-refractivity contribution in [2.75, 3.05) is 7.05 Å². The zero-order chi connectivity index (χ0) is 15.9. The van der Waals surface area contributed by atoms with Crippen molar-refractivity contribution in [3.05, 3.63) is 53.9 Å². The molecule has 1 heterocycles. The van der Waals surface area contributed by atoms with E-state index in [-0.39, 0.29) is 0 Å². The van der Waals surface area contributed by atoms with Crippen molar-refractivity contribution in [3.8, 4) is 0 Å². The highest BCUT2D eigenvalue weighted by Gasteiger charge is 2.09. The fraction of sp³-hybridized carbons (Fsp3) is 0.500. The van der Waals surface area contributed by atoms with Gasteiger partial charge in [0.15, 0.2) is 0 Å². The molecule has 4 nitrogen and oxygen atoms in total. The van der Waals surface area contributed by atoms with Crippen LogP contribution in [0.3, 0.4) is 0 Å². The van der Waals surface area contributed by atoms with Crippen molar-refractivity contribution >= 4 is 0 Å². The topological polar surface area (TPSA) is 33.1 Å². The maximum absolute atomic E-state index is 4.26. The second-order valence-electron chi connectivity index (χ2n) is 6.29. The molecule has 22 heavy (non-hydrogen) atoms. The summed E-state index contributed by atoms with van der Waals surface area (Å²) in [4.78, 5) is 2.37. The van der Waals surface area contributed by atoms with E-state index in [1.807, 2.05) is 23.1 Å². The lowest BCUT2D eigenvalue weighted by molar-refractivity contribution is 0.264. The molecule has 0 aliphatic rings. The van der Waals surface area contributed by atoms with Crippen LogP contribution in [0.15, 0.2) is 42.7 Å². The van der Waals surface area contributed by atoms with Crippen LogP contribution in [0.2, 0.25) is 0 Å². The molecule has 0 saturated heterocycles. The largest absolute Gasteiger partial charge is 0.308 e. The predicted molar refractivity (Wildman–Crippen MR) is 91.6 cm³/mol. The number of hydrogen-bond acceptors (Lipinski definition) is 3. The lowest BCUT2D eigenvalue weighted by Crippen LogP contribution is -2.31. The number of benzene rings is 1. The van der Waals surface area contributed by atoms with Crippen molar-refractivity contribution < 1.29 is 0 Å². The summed E-state index contributed by atoms with van der Waals surface area (Å²) in [5.41, 5.74) is 2.78. The van der Waals surface area contributed by atoms with Crippen LogP contribution in [0.25, 0.3) is 0 Å². The van der Waals surface area contributed by atoms with Crippen molar-refractivity contribution in [1.82, 2.24) is 20.0 Å². The second-order valence-corrected chi connectivity index (χ2v) is 6.29. The van der Waals surface area contributed by atoms with Gasteiger partial charge in [0.2, 0.25) is 0 Å². The fourth-order valence-corrected chi connectivity index (χ4v) is 2.37. The van der Waals surface area contributed by atoms with Crippen molar-refractivity contribution in [2.24, 2.45) is 0 Å². The summed E-state index contributed by atoms with van der Waals surface area (Å²) in [6.07, 6.45) is 3.83. The molecule has 0 bridgehead atoms. The highest BCUT2D eigenvalue weighted by atomic mass is 15.3. The van der Waals surface area contributed by atoms with Crippen molar-refractivity contribution in [2.45, 2.75) is 52.5 Å². The lowest BCUT2D eigenvalue weighted by Gasteiger charge is -2.23. The molecular formula is C18H28N4. The SMILES string of the molecule is CC(C)N(C)Cc1ccccc1CN[C@H](C)Cn1cccn1. The first-order chi connectivity index (χ1) is 10.6. The Labute approximate surface area is 134 Å². The maximum Gasteiger partial charge on any atom is 0.0560 e. The molecule has 0 amide bonds. The molecule has 0 saturated carbocycles. The van der Waals surface area contributed by atoms with Gasteiger partial charge in [-0.25, -0.2) is 0 Å². The molecule has 0 fully saturated rings. The molecule has 0 radical (unpaired) electrons. The minimum Gasteiger partial charge on any atom is -0.308 e. The monoisotopic (exact) mass is 300 g/mol. The van der Waals surface area contributed by atoms with Gasteiger partial charge in [-0.1, -0.05) is 24.3 Å². The Morgan fingerprint density at radius 3 is 2.50 bits per heavy atom. The van der Waals surface area contributed by atoms with E-state index in [1.54, 1.807) is 0 Å². The third-order valence-electron chi connectivity index (χ3n) is 4.08. The van der Waals surface area contributed by atoms with Crippen LogP contribution < -0.4 is 5.32 Å². The Balaban J connectivity index is 1.91. The van der Waals surface area contributed by atoms with Crippen LogP contribution in [0.5, 0.6) is 0 Å². The van der Waals surface area contributed by atoms with Crippen LogP contribution in [0.4, 0.5) is 0 Å². The number of aromatic nitrogens is 2. The van der Waals surface area contributed by atoms with Gasteiger partial charge in [0.25, 0.3) is 0 Å². The molecule has 1 atom stereocenters. The lowest BCUT2D eigenvalue weighted by atomic mass is 10.1. The molecule has 0 spiro atoms. The van der Waals surface area contributed by atoms with E-state index in [1.165, 1.54) is 11.1 Å². The standard InChI is InChI=1S/C18H28N4/c1-15(2)21(4)14-18-9-6-5-8-17(18)12-19-16(3)13-22-11-7-10-20-22/h5-11,15-16,19H,12-14H2,1-4H3/t16-/m1/s1. The van der Waals surface area contributed by atoms with E-state index < -0.39 is 0 Å². The Kier molecular flexibility index (Phi) is 6.16. The number of hydrogen-bond donors (Lipinski definition) is 1. The Morgan fingerprint density at radius 1 is 1.14 bits per heavy atom. The highest BCUT2D eigenvalue weighted by Crippen LogP contribution is 2.12. The Hall–Kier alpha value is -1.65. The zero-order valence-electron chi connectivity index (χ0n) is 14.2. The summed E-state index contributed by atoms with van der Waals surface area (Å²) in [6, 6.07) is 11.6. The van der Waals surface area contributed by atoms with Crippen LogP contribution in [0, 0.1) is 0 Å². The van der Waals surface area contributed by atoms with E-state index in [4.69, 9.17) is 0 Å². The molecule has 1 aromatic heterocycles. The third-order valence-corrected chi connectivity index (χ3v) is 4.08. The van der Waals surface area contributed by atoms with Gasteiger partial charge in [-0.3, -0.25) is 9.58 Å². The zero-order valence-corrected chi connectivity index (χ0v) is 14.2. The van der Waals surface area contributed by atoms with Gasteiger partial charge in [0.1, 0.15) is 0 Å². The smallest absolute Gasteiger partial charge is 0.0560 e. The summed E-state index contributed by atoms with van der Waals surface area (Å²) in [7, 11) is 2.18. The van der Waals surface area contributed by atoms with E-state index in [9.17, 15) is 0 Å². The number of rotatable bonds is 8. The van der Waals surface area contributed by atoms with Crippen molar-refractivity contribution in [3.63, 3.8) is 0 Å². The van der Waals surface area contributed by atoms with Crippen LogP contribution >= 0.6 is 0 Å². The normalized spacial score (nSPS) is 13.0. The van der Waals surface area contributed by atoms with Crippen LogP contribution in [0.1, 0.15) is 31.9 Å². The first kappa shape index (κ1) is 16.7. The Morgan fingerprint density at radius 2 is 1.86 bits per heavy atom. The molecule has 0 aliphatic carbocycles. The molecular weight excluding hydrogens is 272 g/mol. The molecule has 4 heteroatoms.